The third-order valence-electron chi connectivity index (χ3n) is 1.85. The predicted molar refractivity (Wildman–Crippen MR) is 60.6 cm³/mol. The maximum atomic E-state index is 10.9. The lowest BCUT2D eigenvalue weighted by Gasteiger charge is -2.19. The van der Waals surface area contributed by atoms with Gasteiger partial charge in [-0.2, -0.15) is 0 Å². The smallest absolute Gasteiger partial charge is 0.305 e. The van der Waals surface area contributed by atoms with Crippen molar-refractivity contribution in [1.82, 2.24) is 0 Å². The first-order valence-corrected chi connectivity index (χ1v) is 5.54. The van der Waals surface area contributed by atoms with Crippen molar-refractivity contribution in [2.45, 2.75) is 53.2 Å². The van der Waals surface area contributed by atoms with Crippen LogP contribution in [0.4, 0.5) is 0 Å². The highest BCUT2D eigenvalue weighted by Crippen LogP contribution is 2.16. The summed E-state index contributed by atoms with van der Waals surface area (Å²) in [4.78, 5) is 21.8. The molecule has 0 heterocycles. The Kier molecular flexibility index (Phi) is 7.25. The van der Waals surface area contributed by atoms with Crippen molar-refractivity contribution in [3.63, 3.8) is 0 Å². The fraction of sp³-hybridized carbons (Fsp3) is 0.667. The number of allylic oxidation sites excluding steroid dienone is 1. The van der Waals surface area contributed by atoms with Crippen LogP contribution in [0, 0.1) is 0 Å². The molecule has 0 aromatic heterocycles. The summed E-state index contributed by atoms with van der Waals surface area (Å²) in [5.41, 5.74) is 0.843. The van der Waals surface area contributed by atoms with E-state index in [-0.39, 0.29) is 0 Å². The van der Waals surface area contributed by atoms with Gasteiger partial charge in [-0.15, -0.1) is 0 Å². The van der Waals surface area contributed by atoms with Gasteiger partial charge < -0.3 is 9.47 Å². The highest BCUT2D eigenvalue weighted by Gasteiger charge is 2.19. The summed E-state index contributed by atoms with van der Waals surface area (Å²) in [7, 11) is 0. The molecule has 0 spiro atoms. The summed E-state index contributed by atoms with van der Waals surface area (Å²) >= 11 is 0. The van der Waals surface area contributed by atoms with Gasteiger partial charge in [-0.1, -0.05) is 26.3 Å². The van der Waals surface area contributed by atoms with E-state index in [1.165, 1.54) is 13.8 Å². The number of hydrogen-bond acceptors (Lipinski definition) is 4. The first kappa shape index (κ1) is 14.7. The Morgan fingerprint density at radius 2 is 1.62 bits per heavy atom. The second-order valence-electron chi connectivity index (χ2n) is 3.49. The van der Waals surface area contributed by atoms with E-state index in [1.807, 2.05) is 19.9 Å². The highest BCUT2D eigenvalue weighted by atomic mass is 16.7. The third kappa shape index (κ3) is 6.22. The molecule has 0 N–H and O–H groups in total. The zero-order valence-electron chi connectivity index (χ0n) is 10.4. The molecule has 0 aromatic carbocycles. The van der Waals surface area contributed by atoms with Crippen molar-refractivity contribution >= 4 is 11.9 Å². The van der Waals surface area contributed by atoms with Crippen LogP contribution >= 0.6 is 0 Å². The van der Waals surface area contributed by atoms with Crippen LogP contribution < -0.4 is 0 Å². The Morgan fingerprint density at radius 1 is 1.12 bits per heavy atom. The second kappa shape index (κ2) is 7.91. The summed E-state index contributed by atoms with van der Waals surface area (Å²) in [6.45, 7) is 6.59. The number of carbonyl (C=O) groups excluding carboxylic acids is 2. The Bertz CT molecular complexity index is 252. The van der Waals surface area contributed by atoms with E-state index in [2.05, 4.69) is 0 Å². The van der Waals surface area contributed by atoms with Crippen molar-refractivity contribution in [2.24, 2.45) is 0 Å². The van der Waals surface area contributed by atoms with E-state index < -0.39 is 18.2 Å². The largest absolute Gasteiger partial charge is 0.421 e. The fourth-order valence-electron chi connectivity index (χ4n) is 1.34. The molecule has 4 heteroatoms. The van der Waals surface area contributed by atoms with Crippen molar-refractivity contribution in [1.29, 1.82) is 0 Å². The average Bonchev–Trinajstić information content (AvgIpc) is 2.15. The first-order valence-electron chi connectivity index (χ1n) is 5.54. The molecular formula is C12H20O4. The van der Waals surface area contributed by atoms with Gasteiger partial charge in [0.1, 0.15) is 0 Å². The SMILES string of the molecule is CC/C=C(\CCC)C(OC(C)=O)OC(C)=O. The normalized spacial score (nSPS) is 11.4. The van der Waals surface area contributed by atoms with E-state index >= 15 is 0 Å². The minimum absolute atomic E-state index is 0.454. The van der Waals surface area contributed by atoms with Gasteiger partial charge in [-0.25, -0.2) is 0 Å². The topological polar surface area (TPSA) is 52.6 Å². The monoisotopic (exact) mass is 228 g/mol. The van der Waals surface area contributed by atoms with Crippen LogP contribution in [0.25, 0.3) is 0 Å². The van der Waals surface area contributed by atoms with Gasteiger partial charge in [0, 0.05) is 19.4 Å². The van der Waals surface area contributed by atoms with Gasteiger partial charge in [-0.05, 0) is 12.8 Å². The average molecular weight is 228 g/mol. The van der Waals surface area contributed by atoms with E-state index in [0.29, 0.717) is 0 Å². The molecule has 0 saturated carbocycles. The minimum Gasteiger partial charge on any atom is -0.421 e. The van der Waals surface area contributed by atoms with Gasteiger partial charge in [0.15, 0.2) is 0 Å². The van der Waals surface area contributed by atoms with Crippen LogP contribution in [0.1, 0.15) is 47.0 Å². The van der Waals surface area contributed by atoms with E-state index in [4.69, 9.17) is 9.47 Å². The Balaban J connectivity index is 4.72. The van der Waals surface area contributed by atoms with Crippen LogP contribution in [0.15, 0.2) is 11.6 Å². The molecule has 0 atom stereocenters. The molecule has 0 rings (SSSR count). The zero-order valence-corrected chi connectivity index (χ0v) is 10.4. The molecule has 0 aliphatic heterocycles. The zero-order chi connectivity index (χ0) is 12.6. The number of esters is 2. The molecule has 0 aromatic rings. The lowest BCUT2D eigenvalue weighted by Crippen LogP contribution is -2.24. The molecule has 0 aliphatic carbocycles. The van der Waals surface area contributed by atoms with Crippen molar-refractivity contribution in [3.05, 3.63) is 11.6 Å². The summed E-state index contributed by atoms with van der Waals surface area (Å²) < 4.78 is 9.96. The maximum absolute atomic E-state index is 10.9. The van der Waals surface area contributed by atoms with Crippen LogP contribution in [-0.4, -0.2) is 18.2 Å². The van der Waals surface area contributed by atoms with Crippen LogP contribution in [-0.2, 0) is 19.1 Å². The van der Waals surface area contributed by atoms with Crippen molar-refractivity contribution in [2.75, 3.05) is 0 Å². The molecule has 0 saturated heterocycles. The molecular weight excluding hydrogens is 208 g/mol. The number of hydrogen-bond donors (Lipinski definition) is 0. The summed E-state index contributed by atoms with van der Waals surface area (Å²) in [5.74, 6) is -0.909. The van der Waals surface area contributed by atoms with Gasteiger partial charge in [0.25, 0.3) is 6.29 Å². The fourth-order valence-corrected chi connectivity index (χ4v) is 1.34. The minimum atomic E-state index is -0.866. The van der Waals surface area contributed by atoms with Gasteiger partial charge >= 0.3 is 11.9 Å². The van der Waals surface area contributed by atoms with Crippen molar-refractivity contribution < 1.29 is 19.1 Å². The van der Waals surface area contributed by atoms with Crippen LogP contribution in [0.3, 0.4) is 0 Å². The lowest BCUT2D eigenvalue weighted by molar-refractivity contribution is -0.178. The molecule has 0 unspecified atom stereocenters. The molecule has 4 nitrogen and oxygen atoms in total. The van der Waals surface area contributed by atoms with Gasteiger partial charge in [0.05, 0.1) is 0 Å². The van der Waals surface area contributed by atoms with E-state index in [0.717, 1.165) is 24.8 Å². The maximum Gasteiger partial charge on any atom is 0.305 e. The van der Waals surface area contributed by atoms with E-state index in [9.17, 15) is 9.59 Å². The van der Waals surface area contributed by atoms with Crippen molar-refractivity contribution in [3.8, 4) is 0 Å². The second-order valence-corrected chi connectivity index (χ2v) is 3.49. The summed E-state index contributed by atoms with van der Waals surface area (Å²) in [5, 5.41) is 0. The molecule has 0 radical (unpaired) electrons. The predicted octanol–water partition coefficient (Wildman–Crippen LogP) is 2.58. The van der Waals surface area contributed by atoms with E-state index in [1.54, 1.807) is 0 Å². The van der Waals surface area contributed by atoms with Crippen LogP contribution in [0.2, 0.25) is 0 Å². The summed E-state index contributed by atoms with van der Waals surface area (Å²) in [6.07, 6.45) is 3.54. The molecule has 0 amide bonds. The third-order valence-corrected chi connectivity index (χ3v) is 1.85. The van der Waals surface area contributed by atoms with Crippen LogP contribution in [0.5, 0.6) is 0 Å². The van der Waals surface area contributed by atoms with Gasteiger partial charge in [0.2, 0.25) is 0 Å². The Labute approximate surface area is 96.6 Å². The molecule has 0 aliphatic rings. The lowest BCUT2D eigenvalue weighted by atomic mass is 10.1. The molecule has 16 heavy (non-hydrogen) atoms. The quantitative estimate of drug-likeness (QED) is 0.398. The standard InChI is InChI=1S/C12H20O4/c1-5-7-11(8-6-2)12(15-9(3)13)16-10(4)14/h7,12H,5-6,8H2,1-4H3/b11-7+. The Hall–Kier alpha value is -1.32. The number of ether oxygens (including phenoxy) is 2. The summed E-state index contributed by atoms with van der Waals surface area (Å²) in [6, 6.07) is 0. The first-order chi connectivity index (χ1) is 7.51. The highest BCUT2D eigenvalue weighted by molar-refractivity contribution is 5.68. The number of carbonyl (C=O) groups is 2. The van der Waals surface area contributed by atoms with Gasteiger partial charge in [-0.3, -0.25) is 9.59 Å². The molecule has 0 bridgehead atoms. The Morgan fingerprint density at radius 3 is 1.94 bits per heavy atom. The molecule has 0 fully saturated rings. The molecule has 92 valence electrons. The number of rotatable bonds is 6.